The highest BCUT2D eigenvalue weighted by atomic mass is 16.5. The summed E-state index contributed by atoms with van der Waals surface area (Å²) in [6, 6.07) is 3.59. The van der Waals surface area contributed by atoms with Crippen LogP contribution in [0.1, 0.15) is 19.8 Å². The number of rotatable bonds is 2. The van der Waals surface area contributed by atoms with E-state index in [1.165, 1.54) is 0 Å². The van der Waals surface area contributed by atoms with E-state index in [9.17, 15) is 4.79 Å². The highest BCUT2D eigenvalue weighted by molar-refractivity contribution is 5.94. The zero-order chi connectivity index (χ0) is 10.7. The lowest BCUT2D eigenvalue weighted by Crippen LogP contribution is -2.27. The lowest BCUT2D eigenvalue weighted by atomic mass is 10.2. The van der Waals surface area contributed by atoms with E-state index in [2.05, 4.69) is 10.3 Å². The van der Waals surface area contributed by atoms with Crippen molar-refractivity contribution in [2.45, 2.75) is 32.0 Å². The first kappa shape index (κ1) is 10.1. The second-order valence-corrected chi connectivity index (χ2v) is 3.74. The molecule has 2 rings (SSSR count). The number of anilines is 1. The molecule has 1 saturated heterocycles. The van der Waals surface area contributed by atoms with E-state index in [1.807, 2.05) is 13.0 Å². The molecule has 0 radical (unpaired) electrons. The zero-order valence-electron chi connectivity index (χ0n) is 8.64. The predicted molar refractivity (Wildman–Crippen MR) is 56.4 cm³/mol. The normalized spacial score (nSPS) is 25.1. The minimum Gasteiger partial charge on any atom is -0.365 e. The Morgan fingerprint density at radius 1 is 1.60 bits per heavy atom. The highest BCUT2D eigenvalue weighted by Gasteiger charge is 2.27. The van der Waals surface area contributed by atoms with Crippen LogP contribution in [-0.4, -0.2) is 23.1 Å². The fraction of sp³-hybridized carbons (Fsp3) is 0.455. The molecule has 1 aliphatic rings. The van der Waals surface area contributed by atoms with E-state index in [-0.39, 0.29) is 18.1 Å². The summed E-state index contributed by atoms with van der Waals surface area (Å²) in [7, 11) is 0. The molecule has 0 spiro atoms. The summed E-state index contributed by atoms with van der Waals surface area (Å²) in [5, 5.41) is 2.78. The zero-order valence-corrected chi connectivity index (χ0v) is 8.64. The molecular formula is C11H14N2O2. The Kier molecular flexibility index (Phi) is 2.97. The van der Waals surface area contributed by atoms with Crippen LogP contribution in [-0.2, 0) is 9.53 Å². The van der Waals surface area contributed by atoms with Crippen LogP contribution in [0, 0.1) is 0 Å². The van der Waals surface area contributed by atoms with Gasteiger partial charge in [-0.1, -0.05) is 0 Å². The van der Waals surface area contributed by atoms with Crippen LogP contribution in [0.4, 0.5) is 5.69 Å². The summed E-state index contributed by atoms with van der Waals surface area (Å²) in [4.78, 5) is 15.6. The first-order chi connectivity index (χ1) is 7.25. The van der Waals surface area contributed by atoms with E-state index >= 15 is 0 Å². The maximum atomic E-state index is 11.7. The molecule has 1 aromatic rings. The average Bonchev–Trinajstić information content (AvgIpc) is 2.66. The second-order valence-electron chi connectivity index (χ2n) is 3.74. The molecule has 0 bridgehead atoms. The van der Waals surface area contributed by atoms with Gasteiger partial charge in [-0.3, -0.25) is 9.78 Å². The molecule has 15 heavy (non-hydrogen) atoms. The van der Waals surface area contributed by atoms with Crippen LogP contribution in [0.15, 0.2) is 24.5 Å². The third-order valence-electron chi connectivity index (χ3n) is 2.45. The molecule has 1 aliphatic heterocycles. The van der Waals surface area contributed by atoms with E-state index in [4.69, 9.17) is 4.74 Å². The van der Waals surface area contributed by atoms with Crippen molar-refractivity contribution in [2.24, 2.45) is 0 Å². The Balaban J connectivity index is 1.93. The fourth-order valence-electron chi connectivity index (χ4n) is 1.65. The van der Waals surface area contributed by atoms with Gasteiger partial charge in [0, 0.05) is 6.20 Å². The van der Waals surface area contributed by atoms with Crippen LogP contribution < -0.4 is 5.32 Å². The average molecular weight is 206 g/mol. The van der Waals surface area contributed by atoms with Crippen LogP contribution in [0.5, 0.6) is 0 Å². The Morgan fingerprint density at radius 3 is 3.07 bits per heavy atom. The summed E-state index contributed by atoms with van der Waals surface area (Å²) >= 11 is 0. The number of amides is 1. The largest absolute Gasteiger partial charge is 0.365 e. The molecule has 0 saturated carbocycles. The van der Waals surface area contributed by atoms with Gasteiger partial charge in [-0.2, -0.15) is 0 Å². The number of carbonyl (C=O) groups excluding carboxylic acids is 1. The molecule has 1 N–H and O–H groups in total. The molecule has 0 unspecified atom stereocenters. The highest BCUT2D eigenvalue weighted by Crippen LogP contribution is 2.20. The molecule has 1 fully saturated rings. The number of carbonyl (C=O) groups is 1. The molecule has 2 heterocycles. The van der Waals surface area contributed by atoms with Gasteiger partial charge in [0.05, 0.1) is 18.0 Å². The fourth-order valence-corrected chi connectivity index (χ4v) is 1.65. The maximum Gasteiger partial charge on any atom is 0.253 e. The molecular weight excluding hydrogens is 192 g/mol. The topological polar surface area (TPSA) is 51.2 Å². The molecule has 1 aromatic heterocycles. The minimum absolute atomic E-state index is 0.0765. The van der Waals surface area contributed by atoms with Gasteiger partial charge in [0.1, 0.15) is 6.10 Å². The summed E-state index contributed by atoms with van der Waals surface area (Å²) in [6.07, 6.45) is 4.92. The van der Waals surface area contributed by atoms with Gasteiger partial charge in [0.2, 0.25) is 0 Å². The number of nitrogens with zero attached hydrogens (tertiary/aromatic N) is 1. The minimum atomic E-state index is -0.305. The van der Waals surface area contributed by atoms with E-state index in [0.29, 0.717) is 5.69 Å². The number of hydrogen-bond acceptors (Lipinski definition) is 3. The third-order valence-corrected chi connectivity index (χ3v) is 2.45. The number of ether oxygens (including phenoxy) is 1. The van der Waals surface area contributed by atoms with Crippen LogP contribution in [0.3, 0.4) is 0 Å². The van der Waals surface area contributed by atoms with Crippen LogP contribution >= 0.6 is 0 Å². The Bertz CT molecular complexity index is 340. The first-order valence-corrected chi connectivity index (χ1v) is 5.12. The van der Waals surface area contributed by atoms with E-state index in [0.717, 1.165) is 12.8 Å². The predicted octanol–water partition coefficient (Wildman–Crippen LogP) is 1.59. The van der Waals surface area contributed by atoms with E-state index < -0.39 is 0 Å². The van der Waals surface area contributed by atoms with Gasteiger partial charge in [-0.25, -0.2) is 0 Å². The molecule has 2 atom stereocenters. The Morgan fingerprint density at radius 2 is 2.47 bits per heavy atom. The first-order valence-electron chi connectivity index (χ1n) is 5.12. The van der Waals surface area contributed by atoms with Gasteiger partial charge >= 0.3 is 0 Å². The summed E-state index contributed by atoms with van der Waals surface area (Å²) < 4.78 is 5.46. The Labute approximate surface area is 88.7 Å². The lowest BCUT2D eigenvalue weighted by Gasteiger charge is -2.11. The summed E-state index contributed by atoms with van der Waals surface area (Å²) in [6.45, 7) is 1.98. The second kappa shape index (κ2) is 4.40. The standard InChI is InChI=1S/C11H14N2O2/c1-8-4-5-10(15-8)11(14)13-9-3-2-6-12-7-9/h2-3,6-8,10H,4-5H2,1H3,(H,13,14)/t8-,10+/m1/s1. The molecule has 80 valence electrons. The van der Waals surface area contributed by atoms with Crippen molar-refractivity contribution in [3.8, 4) is 0 Å². The molecule has 0 aliphatic carbocycles. The van der Waals surface area contributed by atoms with Gasteiger partial charge in [-0.05, 0) is 31.9 Å². The van der Waals surface area contributed by atoms with Crippen molar-refractivity contribution in [1.29, 1.82) is 0 Å². The Hall–Kier alpha value is -1.42. The molecule has 4 nitrogen and oxygen atoms in total. The van der Waals surface area contributed by atoms with Crippen molar-refractivity contribution in [3.63, 3.8) is 0 Å². The van der Waals surface area contributed by atoms with Gasteiger partial charge in [0.25, 0.3) is 5.91 Å². The summed E-state index contributed by atoms with van der Waals surface area (Å²) in [5.74, 6) is -0.0765. The molecule has 0 aromatic carbocycles. The van der Waals surface area contributed by atoms with Crippen molar-refractivity contribution >= 4 is 11.6 Å². The SMILES string of the molecule is C[C@@H]1CC[C@@H](C(=O)Nc2cccnc2)O1. The lowest BCUT2D eigenvalue weighted by molar-refractivity contribution is -0.126. The van der Waals surface area contributed by atoms with Gasteiger partial charge in [0.15, 0.2) is 0 Å². The van der Waals surface area contributed by atoms with Crippen molar-refractivity contribution in [2.75, 3.05) is 5.32 Å². The van der Waals surface area contributed by atoms with Crippen molar-refractivity contribution in [3.05, 3.63) is 24.5 Å². The van der Waals surface area contributed by atoms with Crippen LogP contribution in [0.2, 0.25) is 0 Å². The number of nitrogens with one attached hydrogen (secondary N) is 1. The van der Waals surface area contributed by atoms with E-state index in [1.54, 1.807) is 18.5 Å². The van der Waals surface area contributed by atoms with Gasteiger partial charge in [-0.15, -0.1) is 0 Å². The number of pyridine rings is 1. The van der Waals surface area contributed by atoms with Gasteiger partial charge < -0.3 is 10.1 Å². The number of aromatic nitrogens is 1. The smallest absolute Gasteiger partial charge is 0.253 e. The van der Waals surface area contributed by atoms with Crippen LogP contribution in [0.25, 0.3) is 0 Å². The quantitative estimate of drug-likeness (QED) is 0.799. The number of hydrogen-bond donors (Lipinski definition) is 1. The molecule has 4 heteroatoms. The summed E-state index contributed by atoms with van der Waals surface area (Å²) in [5.41, 5.74) is 0.714. The maximum absolute atomic E-state index is 11.7. The third kappa shape index (κ3) is 2.53. The van der Waals surface area contributed by atoms with Crippen molar-refractivity contribution in [1.82, 2.24) is 4.98 Å². The molecule has 1 amide bonds. The monoisotopic (exact) mass is 206 g/mol. The van der Waals surface area contributed by atoms with Crippen molar-refractivity contribution < 1.29 is 9.53 Å².